The average Bonchev–Trinajstić information content (AvgIpc) is 3.31. The summed E-state index contributed by atoms with van der Waals surface area (Å²) in [7, 11) is 0. The molecular weight excluding hydrogens is 296 g/mol. The third-order valence-electron chi connectivity index (χ3n) is 4.36. The molecule has 0 unspecified atom stereocenters. The summed E-state index contributed by atoms with van der Waals surface area (Å²) < 4.78 is 11.1. The second kappa shape index (κ2) is 5.70. The largest absolute Gasteiger partial charge is 0.492 e. The number of carbonyl (C=O) groups is 1. The van der Waals surface area contributed by atoms with E-state index in [-0.39, 0.29) is 0 Å². The molecule has 1 aromatic carbocycles. The number of carboxylic acid groups (broad SMARTS) is 1. The number of nitrogens with zero attached hydrogens (tertiary/aromatic N) is 2. The van der Waals surface area contributed by atoms with Crippen molar-refractivity contribution in [3.63, 3.8) is 0 Å². The van der Waals surface area contributed by atoms with Gasteiger partial charge in [-0.05, 0) is 25.0 Å². The van der Waals surface area contributed by atoms with Crippen molar-refractivity contribution in [1.82, 2.24) is 10.1 Å². The van der Waals surface area contributed by atoms with Crippen molar-refractivity contribution < 1.29 is 19.2 Å². The number of hydrogen-bond acceptors (Lipinski definition) is 5. The number of benzene rings is 1. The molecule has 1 fully saturated rings. The van der Waals surface area contributed by atoms with Crippen molar-refractivity contribution in [2.75, 3.05) is 13.2 Å². The number of rotatable bonds is 4. The predicted octanol–water partition coefficient (Wildman–Crippen LogP) is 2.64. The molecule has 0 saturated heterocycles. The van der Waals surface area contributed by atoms with Gasteiger partial charge in [0.25, 0.3) is 0 Å². The van der Waals surface area contributed by atoms with Crippen LogP contribution in [-0.4, -0.2) is 34.3 Å². The Labute approximate surface area is 133 Å². The minimum Gasteiger partial charge on any atom is -0.492 e. The first-order valence-corrected chi connectivity index (χ1v) is 7.86. The Balaban J connectivity index is 1.55. The van der Waals surface area contributed by atoms with E-state index in [2.05, 4.69) is 10.1 Å². The lowest BCUT2D eigenvalue weighted by Crippen LogP contribution is -2.25. The lowest BCUT2D eigenvalue weighted by Gasteiger charge is -2.18. The Morgan fingerprint density at radius 1 is 1.39 bits per heavy atom. The molecule has 0 radical (unpaired) electrons. The number of hydrogen-bond donors (Lipinski definition) is 1. The quantitative estimate of drug-likeness (QED) is 0.935. The molecule has 1 aliphatic heterocycles. The minimum atomic E-state index is -0.928. The molecule has 0 amide bonds. The van der Waals surface area contributed by atoms with Gasteiger partial charge in [0, 0.05) is 30.6 Å². The first kappa shape index (κ1) is 14.3. The van der Waals surface area contributed by atoms with Crippen molar-refractivity contribution in [2.24, 2.45) is 0 Å². The Morgan fingerprint density at radius 3 is 3.04 bits per heavy atom. The lowest BCUT2D eigenvalue weighted by molar-refractivity contribution is 0.0694. The van der Waals surface area contributed by atoms with Crippen molar-refractivity contribution in [3.8, 4) is 5.75 Å². The van der Waals surface area contributed by atoms with E-state index >= 15 is 0 Å². The van der Waals surface area contributed by atoms with E-state index < -0.39 is 5.97 Å². The second-order valence-corrected chi connectivity index (χ2v) is 6.14. The molecule has 1 aliphatic carbocycles. The molecule has 2 heterocycles. The summed E-state index contributed by atoms with van der Waals surface area (Å²) in [6.07, 6.45) is 2.39. The molecule has 6 nitrogen and oxygen atoms in total. The minimum absolute atomic E-state index is 0.297. The molecule has 1 saturated carbocycles. The van der Waals surface area contributed by atoms with E-state index in [1.165, 1.54) is 12.8 Å². The number of aromatic carboxylic acids is 1. The molecule has 0 spiro atoms. The van der Waals surface area contributed by atoms with Crippen LogP contribution >= 0.6 is 0 Å². The highest BCUT2D eigenvalue weighted by Gasteiger charge is 2.28. The summed E-state index contributed by atoms with van der Waals surface area (Å²) in [5.74, 6) is 1.12. The highest BCUT2D eigenvalue weighted by atomic mass is 16.5. The van der Waals surface area contributed by atoms with Crippen LogP contribution in [0.5, 0.6) is 5.75 Å². The fourth-order valence-electron chi connectivity index (χ4n) is 2.98. The molecule has 4 rings (SSSR count). The van der Waals surface area contributed by atoms with E-state index in [1.54, 1.807) is 12.1 Å². The molecule has 6 heteroatoms. The monoisotopic (exact) mass is 314 g/mol. The first-order valence-electron chi connectivity index (χ1n) is 7.86. The summed E-state index contributed by atoms with van der Waals surface area (Å²) in [4.78, 5) is 13.6. The summed E-state index contributed by atoms with van der Waals surface area (Å²) >= 11 is 0. The zero-order valence-electron chi connectivity index (χ0n) is 12.7. The predicted molar refractivity (Wildman–Crippen MR) is 81.5 cm³/mol. The van der Waals surface area contributed by atoms with Crippen molar-refractivity contribution in [3.05, 3.63) is 46.8 Å². The summed E-state index contributed by atoms with van der Waals surface area (Å²) in [5, 5.41) is 13.5. The lowest BCUT2D eigenvalue weighted by atomic mass is 10.1. The smallest absolute Gasteiger partial charge is 0.336 e. The molecule has 1 aromatic heterocycles. The Morgan fingerprint density at radius 2 is 2.26 bits per heavy atom. The first-order chi connectivity index (χ1) is 11.2. The second-order valence-electron chi connectivity index (χ2n) is 6.14. The van der Waals surface area contributed by atoms with Crippen LogP contribution in [0.3, 0.4) is 0 Å². The van der Waals surface area contributed by atoms with Crippen LogP contribution in [0, 0.1) is 0 Å². The number of carboxylic acids is 1. The van der Waals surface area contributed by atoms with E-state index in [9.17, 15) is 9.90 Å². The molecule has 0 atom stereocenters. The van der Waals surface area contributed by atoms with Crippen LogP contribution in [-0.2, 0) is 13.1 Å². The van der Waals surface area contributed by atoms with Crippen LogP contribution < -0.4 is 4.74 Å². The molecule has 1 N–H and O–H groups in total. The van der Waals surface area contributed by atoms with Crippen molar-refractivity contribution in [1.29, 1.82) is 0 Å². The summed E-state index contributed by atoms with van der Waals surface area (Å²) in [6, 6.07) is 7.18. The van der Waals surface area contributed by atoms with Gasteiger partial charge in [0.1, 0.15) is 12.4 Å². The maximum absolute atomic E-state index is 11.4. The molecule has 2 aromatic rings. The van der Waals surface area contributed by atoms with Gasteiger partial charge in [-0.25, -0.2) is 4.79 Å². The molecule has 120 valence electrons. The van der Waals surface area contributed by atoms with E-state index in [4.69, 9.17) is 9.26 Å². The third-order valence-corrected chi connectivity index (χ3v) is 4.36. The maximum atomic E-state index is 11.4. The van der Waals surface area contributed by atoms with Gasteiger partial charge in [-0.3, -0.25) is 4.90 Å². The van der Waals surface area contributed by atoms with Gasteiger partial charge in [-0.15, -0.1) is 0 Å². The number of aromatic nitrogens is 1. The maximum Gasteiger partial charge on any atom is 0.336 e. The fraction of sp³-hybridized carbons (Fsp3) is 0.412. The molecule has 23 heavy (non-hydrogen) atoms. The van der Waals surface area contributed by atoms with Crippen LogP contribution in [0.4, 0.5) is 0 Å². The third kappa shape index (κ3) is 2.94. The van der Waals surface area contributed by atoms with Gasteiger partial charge in [0.2, 0.25) is 0 Å². The van der Waals surface area contributed by atoms with Crippen LogP contribution in [0.25, 0.3) is 0 Å². The van der Waals surface area contributed by atoms with Gasteiger partial charge in [0.05, 0.1) is 17.8 Å². The van der Waals surface area contributed by atoms with E-state index in [0.717, 1.165) is 17.0 Å². The fourth-order valence-corrected chi connectivity index (χ4v) is 2.98. The SMILES string of the molecule is O=C(O)c1cccc2c1CN(Cc1cc(C3CC3)no1)CCO2. The zero-order chi connectivity index (χ0) is 15.8. The Kier molecular flexibility index (Phi) is 3.53. The number of fused-ring (bicyclic) bond motifs is 1. The molecule has 2 aliphatic rings. The molecular formula is C17H18N2O4. The van der Waals surface area contributed by atoms with Crippen LogP contribution in [0.1, 0.15) is 46.1 Å². The van der Waals surface area contributed by atoms with Gasteiger partial charge >= 0.3 is 5.97 Å². The normalized spacial score (nSPS) is 18.1. The Hall–Kier alpha value is -2.34. The van der Waals surface area contributed by atoms with E-state index in [0.29, 0.717) is 43.5 Å². The van der Waals surface area contributed by atoms with E-state index in [1.807, 2.05) is 12.1 Å². The van der Waals surface area contributed by atoms with Gasteiger partial charge in [-0.1, -0.05) is 11.2 Å². The zero-order valence-corrected chi connectivity index (χ0v) is 12.7. The summed E-state index contributed by atoms with van der Waals surface area (Å²) in [5.41, 5.74) is 2.06. The van der Waals surface area contributed by atoms with Gasteiger partial charge < -0.3 is 14.4 Å². The highest BCUT2D eigenvalue weighted by molar-refractivity contribution is 5.90. The van der Waals surface area contributed by atoms with Crippen LogP contribution in [0.15, 0.2) is 28.8 Å². The molecule has 0 bridgehead atoms. The standard InChI is InChI=1S/C17H18N2O4/c20-17(21)13-2-1-3-16-14(13)10-19(6-7-22-16)9-12-8-15(18-23-12)11-4-5-11/h1-3,8,11H,4-7,9-10H2,(H,20,21). The topological polar surface area (TPSA) is 75.8 Å². The van der Waals surface area contributed by atoms with Crippen molar-refractivity contribution in [2.45, 2.75) is 31.8 Å². The van der Waals surface area contributed by atoms with Gasteiger partial charge in [0.15, 0.2) is 5.76 Å². The van der Waals surface area contributed by atoms with Crippen molar-refractivity contribution >= 4 is 5.97 Å². The highest BCUT2D eigenvalue weighted by Crippen LogP contribution is 2.39. The average molecular weight is 314 g/mol. The number of ether oxygens (including phenoxy) is 1. The summed E-state index contributed by atoms with van der Waals surface area (Å²) in [6.45, 7) is 2.38. The van der Waals surface area contributed by atoms with Gasteiger partial charge in [-0.2, -0.15) is 0 Å². The van der Waals surface area contributed by atoms with Crippen LogP contribution in [0.2, 0.25) is 0 Å². The Bertz CT molecular complexity index is 736.